The Balaban J connectivity index is 1.78. The number of benzene rings is 1. The van der Waals surface area contributed by atoms with E-state index in [4.69, 9.17) is 4.74 Å². The van der Waals surface area contributed by atoms with Gasteiger partial charge in [0.15, 0.2) is 0 Å². The Labute approximate surface area is 158 Å². The summed E-state index contributed by atoms with van der Waals surface area (Å²) in [6.07, 6.45) is -3.43. The van der Waals surface area contributed by atoms with E-state index in [-0.39, 0.29) is 41.3 Å². The van der Waals surface area contributed by atoms with Crippen molar-refractivity contribution in [3.8, 4) is 17.2 Å². The summed E-state index contributed by atoms with van der Waals surface area (Å²) < 4.78 is 46.8. The average molecular weight is 394 g/mol. The van der Waals surface area contributed by atoms with Gasteiger partial charge in [0, 0.05) is 12.5 Å². The van der Waals surface area contributed by atoms with E-state index in [1.165, 1.54) is 37.4 Å². The predicted octanol–water partition coefficient (Wildman–Crippen LogP) is 4.37. The van der Waals surface area contributed by atoms with Crippen molar-refractivity contribution < 1.29 is 32.2 Å². The van der Waals surface area contributed by atoms with Crippen LogP contribution in [0.15, 0.2) is 36.5 Å². The quantitative estimate of drug-likeness (QED) is 0.721. The van der Waals surface area contributed by atoms with Crippen LogP contribution in [0.2, 0.25) is 0 Å². The van der Waals surface area contributed by atoms with Gasteiger partial charge < -0.3 is 9.47 Å². The number of aryl methyl sites for hydroxylation is 1. The van der Waals surface area contributed by atoms with Gasteiger partial charge in [-0.1, -0.05) is 19.9 Å². The highest BCUT2D eigenvalue weighted by Crippen LogP contribution is 2.35. The van der Waals surface area contributed by atoms with Gasteiger partial charge >= 0.3 is 6.36 Å². The molecule has 2 heterocycles. The lowest BCUT2D eigenvalue weighted by atomic mass is 9.92. The van der Waals surface area contributed by atoms with Gasteiger partial charge in [0.25, 0.3) is 0 Å². The maximum Gasteiger partial charge on any atom is 0.573 e. The Morgan fingerprint density at radius 3 is 2.32 bits per heavy atom. The van der Waals surface area contributed by atoms with E-state index < -0.39 is 11.8 Å². The minimum absolute atomic E-state index is 0.0944. The number of amides is 2. The third kappa shape index (κ3) is 4.08. The molecule has 3 rings (SSSR count). The van der Waals surface area contributed by atoms with Crippen LogP contribution in [0.3, 0.4) is 0 Å². The highest BCUT2D eigenvalue weighted by atomic mass is 19.4. The van der Waals surface area contributed by atoms with Crippen molar-refractivity contribution in [2.75, 3.05) is 4.90 Å². The summed E-state index contributed by atoms with van der Waals surface area (Å²) in [5.74, 6) is -0.546. The zero-order valence-electron chi connectivity index (χ0n) is 15.3. The monoisotopic (exact) mass is 394 g/mol. The SMILES string of the molecule is Cc1ccc(Oc2ccc(N3C(=O)CC(C)(C)C3=O)nc2)cc1OC(F)(F)F. The molecule has 0 atom stereocenters. The zero-order valence-corrected chi connectivity index (χ0v) is 15.3. The molecule has 0 spiro atoms. The molecule has 1 fully saturated rings. The maximum atomic E-state index is 12.5. The highest BCUT2D eigenvalue weighted by molar-refractivity contribution is 6.21. The molecule has 1 aliphatic heterocycles. The van der Waals surface area contributed by atoms with E-state index in [0.29, 0.717) is 5.56 Å². The molecule has 2 amide bonds. The molecule has 0 radical (unpaired) electrons. The van der Waals surface area contributed by atoms with Crippen LogP contribution in [-0.2, 0) is 9.59 Å². The number of aromatic nitrogens is 1. The Bertz CT molecular complexity index is 924. The normalized spacial score (nSPS) is 16.4. The molecule has 148 valence electrons. The summed E-state index contributed by atoms with van der Waals surface area (Å²) in [6.45, 7) is 4.85. The number of imide groups is 1. The second-order valence-corrected chi connectivity index (χ2v) is 7.02. The van der Waals surface area contributed by atoms with Crippen LogP contribution in [0.5, 0.6) is 17.2 Å². The number of anilines is 1. The second-order valence-electron chi connectivity index (χ2n) is 7.02. The van der Waals surface area contributed by atoms with E-state index in [2.05, 4.69) is 9.72 Å². The first-order valence-corrected chi connectivity index (χ1v) is 8.34. The number of alkyl halides is 3. The molecule has 0 saturated carbocycles. The molecule has 0 aliphatic carbocycles. The molecular weight excluding hydrogens is 377 g/mol. The molecule has 1 aromatic carbocycles. The minimum Gasteiger partial charge on any atom is -0.456 e. The Hall–Kier alpha value is -3.10. The Kier molecular flexibility index (Phi) is 4.78. The van der Waals surface area contributed by atoms with Crippen molar-refractivity contribution >= 4 is 17.6 Å². The van der Waals surface area contributed by atoms with Crippen molar-refractivity contribution in [1.29, 1.82) is 0 Å². The minimum atomic E-state index is -4.81. The molecule has 0 bridgehead atoms. The van der Waals surface area contributed by atoms with Gasteiger partial charge in [-0.2, -0.15) is 0 Å². The molecule has 0 unspecified atom stereocenters. The molecule has 1 saturated heterocycles. The van der Waals surface area contributed by atoms with Crippen molar-refractivity contribution in [3.63, 3.8) is 0 Å². The fraction of sp³-hybridized carbons (Fsp3) is 0.316. The lowest BCUT2D eigenvalue weighted by Crippen LogP contribution is -2.33. The van der Waals surface area contributed by atoms with Crippen molar-refractivity contribution in [2.45, 2.75) is 33.6 Å². The van der Waals surface area contributed by atoms with Gasteiger partial charge in [-0.05, 0) is 30.7 Å². The number of halogens is 3. The van der Waals surface area contributed by atoms with Crippen LogP contribution in [0.4, 0.5) is 19.0 Å². The van der Waals surface area contributed by atoms with Gasteiger partial charge in [-0.25, -0.2) is 9.88 Å². The molecule has 28 heavy (non-hydrogen) atoms. The molecule has 9 heteroatoms. The van der Waals surface area contributed by atoms with Gasteiger partial charge in [0.2, 0.25) is 11.8 Å². The highest BCUT2D eigenvalue weighted by Gasteiger charge is 2.46. The van der Waals surface area contributed by atoms with E-state index in [9.17, 15) is 22.8 Å². The Morgan fingerprint density at radius 1 is 1.11 bits per heavy atom. The van der Waals surface area contributed by atoms with Gasteiger partial charge in [0.05, 0.1) is 11.6 Å². The lowest BCUT2D eigenvalue weighted by Gasteiger charge is -2.17. The number of hydrogen-bond acceptors (Lipinski definition) is 5. The Morgan fingerprint density at radius 2 is 1.79 bits per heavy atom. The molecule has 1 aromatic heterocycles. The smallest absolute Gasteiger partial charge is 0.456 e. The summed E-state index contributed by atoms with van der Waals surface area (Å²) in [5, 5.41) is 0. The van der Waals surface area contributed by atoms with E-state index in [0.717, 1.165) is 11.0 Å². The number of carbonyl (C=O) groups is 2. The van der Waals surface area contributed by atoms with E-state index >= 15 is 0 Å². The fourth-order valence-corrected chi connectivity index (χ4v) is 2.76. The van der Waals surface area contributed by atoms with Crippen molar-refractivity contribution in [1.82, 2.24) is 4.98 Å². The first-order valence-electron chi connectivity index (χ1n) is 8.34. The third-order valence-corrected chi connectivity index (χ3v) is 4.20. The first kappa shape index (κ1) is 19.7. The number of hydrogen-bond donors (Lipinski definition) is 0. The summed E-state index contributed by atoms with van der Waals surface area (Å²) >= 11 is 0. The van der Waals surface area contributed by atoms with E-state index in [1.54, 1.807) is 13.8 Å². The topological polar surface area (TPSA) is 68.7 Å². The average Bonchev–Trinajstić information content (AvgIpc) is 2.78. The molecule has 2 aromatic rings. The van der Waals surface area contributed by atoms with Crippen LogP contribution in [0.25, 0.3) is 0 Å². The fourth-order valence-electron chi connectivity index (χ4n) is 2.76. The molecule has 0 N–H and O–H groups in total. The van der Waals surface area contributed by atoms with Crippen molar-refractivity contribution in [3.05, 3.63) is 42.1 Å². The number of ether oxygens (including phenoxy) is 2. The standard InChI is InChI=1S/C19H17F3N2O4/c1-11-4-5-12(8-14(11)28-19(20,21)22)27-13-6-7-15(23-10-13)24-16(25)9-18(2,3)17(24)26/h4-8,10H,9H2,1-3H3. The van der Waals surface area contributed by atoms with Crippen LogP contribution < -0.4 is 14.4 Å². The van der Waals surface area contributed by atoms with Crippen molar-refractivity contribution in [2.24, 2.45) is 5.41 Å². The summed E-state index contributed by atoms with van der Waals surface area (Å²) in [4.78, 5) is 29.5. The maximum absolute atomic E-state index is 12.5. The van der Waals surface area contributed by atoms with Crippen LogP contribution >= 0.6 is 0 Å². The van der Waals surface area contributed by atoms with Gasteiger partial charge in [-0.15, -0.1) is 13.2 Å². The lowest BCUT2D eigenvalue weighted by molar-refractivity contribution is -0.274. The first-order chi connectivity index (χ1) is 13.0. The summed E-state index contributed by atoms with van der Waals surface area (Å²) in [7, 11) is 0. The largest absolute Gasteiger partial charge is 0.573 e. The van der Waals surface area contributed by atoms with Gasteiger partial charge in [-0.3, -0.25) is 9.59 Å². The van der Waals surface area contributed by atoms with Crippen LogP contribution in [-0.4, -0.2) is 23.2 Å². The molecule has 1 aliphatic rings. The summed E-state index contributed by atoms with van der Waals surface area (Å²) in [5.41, 5.74) is -0.489. The third-order valence-electron chi connectivity index (χ3n) is 4.20. The van der Waals surface area contributed by atoms with Crippen LogP contribution in [0.1, 0.15) is 25.8 Å². The zero-order chi connectivity index (χ0) is 20.7. The number of pyridine rings is 1. The number of nitrogens with zero attached hydrogens (tertiary/aromatic N) is 2. The predicted molar refractivity (Wildman–Crippen MR) is 93.1 cm³/mol. The van der Waals surface area contributed by atoms with E-state index in [1.807, 2.05) is 0 Å². The van der Waals surface area contributed by atoms with Crippen LogP contribution in [0, 0.1) is 12.3 Å². The summed E-state index contributed by atoms with van der Waals surface area (Å²) in [6, 6.07) is 6.95. The second kappa shape index (κ2) is 6.81. The number of carbonyl (C=O) groups excluding carboxylic acids is 2. The number of rotatable bonds is 4. The van der Waals surface area contributed by atoms with Gasteiger partial charge in [0.1, 0.15) is 23.1 Å². The molecular formula is C19H17F3N2O4. The molecule has 6 nitrogen and oxygen atoms in total.